The van der Waals surface area contributed by atoms with Crippen LogP contribution in [-0.4, -0.2) is 42.1 Å². The second-order valence-electron chi connectivity index (χ2n) is 8.54. The van der Waals surface area contributed by atoms with Gasteiger partial charge in [-0.3, -0.25) is 4.79 Å². The smallest absolute Gasteiger partial charge is 0.410 e. The number of likely N-dealkylation sites (tertiary alicyclic amines) is 1. The van der Waals surface area contributed by atoms with Gasteiger partial charge in [-0.15, -0.1) is 6.58 Å². The van der Waals surface area contributed by atoms with E-state index in [1.54, 1.807) is 4.90 Å². The van der Waals surface area contributed by atoms with E-state index in [1.807, 2.05) is 43.9 Å². The predicted molar refractivity (Wildman–Crippen MR) is 107 cm³/mol. The number of carbonyl (C=O) groups is 2. The third-order valence-electron chi connectivity index (χ3n) is 5.31. The molecule has 146 valence electrons. The number of nitrogens with zero attached hydrogens (tertiary/aromatic N) is 2. The Labute approximate surface area is 162 Å². The highest BCUT2D eigenvalue weighted by Crippen LogP contribution is 2.31. The fraction of sp³-hybridized carbons (Fsp3) is 0.545. The SMILES string of the molecule is C=CC1CC(=O)N(c2ccc(C3CCN(C(=O)OC(C)(C)C)CC3)cc2)C1. The van der Waals surface area contributed by atoms with E-state index in [4.69, 9.17) is 4.74 Å². The summed E-state index contributed by atoms with van der Waals surface area (Å²) in [7, 11) is 0. The summed E-state index contributed by atoms with van der Waals surface area (Å²) in [5.74, 6) is 0.848. The molecule has 0 aliphatic carbocycles. The van der Waals surface area contributed by atoms with Gasteiger partial charge in [0, 0.05) is 37.7 Å². The molecule has 27 heavy (non-hydrogen) atoms. The molecule has 1 unspecified atom stereocenters. The lowest BCUT2D eigenvalue weighted by molar-refractivity contribution is -0.117. The Hall–Kier alpha value is -2.30. The zero-order valence-corrected chi connectivity index (χ0v) is 16.6. The molecule has 0 aromatic heterocycles. The third kappa shape index (κ3) is 4.71. The van der Waals surface area contributed by atoms with Gasteiger partial charge in [0.15, 0.2) is 0 Å². The number of rotatable bonds is 3. The lowest BCUT2D eigenvalue weighted by Gasteiger charge is -2.33. The first-order valence-electron chi connectivity index (χ1n) is 9.77. The quantitative estimate of drug-likeness (QED) is 0.744. The molecule has 3 rings (SSSR count). The number of benzene rings is 1. The minimum absolute atomic E-state index is 0.165. The maximum atomic E-state index is 12.2. The van der Waals surface area contributed by atoms with Crippen molar-refractivity contribution in [1.29, 1.82) is 0 Å². The van der Waals surface area contributed by atoms with Crippen LogP contribution in [0.1, 0.15) is 51.5 Å². The molecule has 1 aromatic carbocycles. The van der Waals surface area contributed by atoms with Crippen molar-refractivity contribution in [2.45, 2.75) is 51.6 Å². The zero-order chi connectivity index (χ0) is 19.6. The molecule has 0 bridgehead atoms. The third-order valence-corrected chi connectivity index (χ3v) is 5.31. The van der Waals surface area contributed by atoms with E-state index in [2.05, 4.69) is 18.7 Å². The molecule has 0 N–H and O–H groups in total. The molecule has 5 nitrogen and oxygen atoms in total. The summed E-state index contributed by atoms with van der Waals surface area (Å²) < 4.78 is 5.46. The van der Waals surface area contributed by atoms with Gasteiger partial charge in [-0.2, -0.15) is 0 Å². The van der Waals surface area contributed by atoms with Gasteiger partial charge in [0.05, 0.1) is 0 Å². The van der Waals surface area contributed by atoms with Crippen LogP contribution in [0.25, 0.3) is 0 Å². The van der Waals surface area contributed by atoms with E-state index in [9.17, 15) is 9.59 Å². The van der Waals surface area contributed by atoms with Gasteiger partial charge >= 0.3 is 6.09 Å². The first-order chi connectivity index (χ1) is 12.8. The van der Waals surface area contributed by atoms with Crippen LogP contribution in [0, 0.1) is 5.92 Å². The maximum Gasteiger partial charge on any atom is 0.410 e. The Morgan fingerprint density at radius 2 is 1.81 bits per heavy atom. The molecule has 0 spiro atoms. The highest BCUT2D eigenvalue weighted by atomic mass is 16.6. The van der Waals surface area contributed by atoms with Crippen LogP contribution in [0.4, 0.5) is 10.5 Å². The molecule has 2 aliphatic rings. The number of amides is 2. The summed E-state index contributed by atoms with van der Waals surface area (Å²) >= 11 is 0. The molecule has 2 amide bonds. The summed E-state index contributed by atoms with van der Waals surface area (Å²) in [4.78, 5) is 28.0. The van der Waals surface area contributed by atoms with Gasteiger partial charge < -0.3 is 14.5 Å². The van der Waals surface area contributed by atoms with Crippen molar-refractivity contribution in [1.82, 2.24) is 4.90 Å². The number of hydrogen-bond acceptors (Lipinski definition) is 3. The van der Waals surface area contributed by atoms with Gasteiger partial charge in [-0.1, -0.05) is 18.2 Å². The summed E-state index contributed by atoms with van der Waals surface area (Å²) in [5.41, 5.74) is 1.77. The van der Waals surface area contributed by atoms with Crippen LogP contribution in [0.5, 0.6) is 0 Å². The van der Waals surface area contributed by atoms with Crippen LogP contribution < -0.4 is 4.90 Å². The molecule has 2 aliphatic heterocycles. The Bertz CT molecular complexity index is 697. The Morgan fingerprint density at radius 3 is 2.33 bits per heavy atom. The fourth-order valence-electron chi connectivity index (χ4n) is 3.79. The van der Waals surface area contributed by atoms with E-state index >= 15 is 0 Å². The first kappa shape index (κ1) is 19.5. The van der Waals surface area contributed by atoms with Crippen molar-refractivity contribution in [2.24, 2.45) is 5.92 Å². The molecule has 1 atom stereocenters. The average Bonchev–Trinajstić information content (AvgIpc) is 3.01. The minimum atomic E-state index is -0.457. The van der Waals surface area contributed by atoms with Crippen LogP contribution in [-0.2, 0) is 9.53 Å². The van der Waals surface area contributed by atoms with Crippen molar-refractivity contribution in [3.05, 3.63) is 42.5 Å². The second kappa shape index (κ2) is 7.75. The summed E-state index contributed by atoms with van der Waals surface area (Å²) in [5, 5.41) is 0. The van der Waals surface area contributed by atoms with Crippen LogP contribution >= 0.6 is 0 Å². The van der Waals surface area contributed by atoms with Gasteiger partial charge in [0.2, 0.25) is 5.91 Å². The highest BCUT2D eigenvalue weighted by molar-refractivity contribution is 5.95. The number of hydrogen-bond donors (Lipinski definition) is 0. The predicted octanol–water partition coefficient (Wildman–Crippen LogP) is 4.34. The molecule has 2 saturated heterocycles. The molecule has 2 fully saturated rings. The monoisotopic (exact) mass is 370 g/mol. The minimum Gasteiger partial charge on any atom is -0.444 e. The van der Waals surface area contributed by atoms with Crippen molar-refractivity contribution >= 4 is 17.7 Å². The largest absolute Gasteiger partial charge is 0.444 e. The first-order valence-corrected chi connectivity index (χ1v) is 9.77. The van der Waals surface area contributed by atoms with Gasteiger partial charge in [0.1, 0.15) is 5.60 Å². The van der Waals surface area contributed by atoms with Crippen molar-refractivity contribution in [3.63, 3.8) is 0 Å². The summed E-state index contributed by atoms with van der Waals surface area (Å²) in [6.45, 7) is 11.6. The van der Waals surface area contributed by atoms with Gasteiger partial charge in [0.25, 0.3) is 0 Å². The molecular formula is C22H30N2O3. The fourth-order valence-corrected chi connectivity index (χ4v) is 3.79. The Morgan fingerprint density at radius 1 is 1.19 bits per heavy atom. The standard InChI is InChI=1S/C22H30N2O3/c1-5-16-14-20(25)24(15-16)19-8-6-17(7-9-19)18-10-12-23(13-11-18)21(26)27-22(2,3)4/h5-9,16,18H,1,10-15H2,2-4H3. The van der Waals surface area contributed by atoms with Gasteiger partial charge in [-0.05, 0) is 57.2 Å². The van der Waals surface area contributed by atoms with Gasteiger partial charge in [-0.25, -0.2) is 4.79 Å². The highest BCUT2D eigenvalue weighted by Gasteiger charge is 2.30. The van der Waals surface area contributed by atoms with Crippen LogP contribution in [0.3, 0.4) is 0 Å². The Balaban J connectivity index is 1.57. The summed E-state index contributed by atoms with van der Waals surface area (Å²) in [6, 6.07) is 8.33. The number of carbonyl (C=O) groups excluding carboxylic acids is 2. The lowest BCUT2D eigenvalue weighted by Crippen LogP contribution is -2.41. The number of ether oxygens (including phenoxy) is 1. The van der Waals surface area contributed by atoms with E-state index in [1.165, 1.54) is 5.56 Å². The summed E-state index contributed by atoms with van der Waals surface area (Å²) in [6.07, 6.45) is 4.05. The molecule has 2 heterocycles. The molecule has 1 aromatic rings. The number of anilines is 1. The number of piperidine rings is 1. The topological polar surface area (TPSA) is 49.9 Å². The average molecular weight is 370 g/mol. The molecule has 5 heteroatoms. The zero-order valence-electron chi connectivity index (χ0n) is 16.6. The molecule has 0 saturated carbocycles. The Kier molecular flexibility index (Phi) is 5.59. The van der Waals surface area contributed by atoms with Crippen molar-refractivity contribution < 1.29 is 14.3 Å². The van der Waals surface area contributed by atoms with Crippen molar-refractivity contribution in [3.8, 4) is 0 Å². The van der Waals surface area contributed by atoms with Crippen LogP contribution in [0.15, 0.2) is 36.9 Å². The second-order valence-corrected chi connectivity index (χ2v) is 8.54. The van der Waals surface area contributed by atoms with E-state index in [-0.39, 0.29) is 17.9 Å². The maximum absolute atomic E-state index is 12.2. The van der Waals surface area contributed by atoms with Crippen LogP contribution in [0.2, 0.25) is 0 Å². The molecule has 0 radical (unpaired) electrons. The normalized spacial score (nSPS) is 21.4. The van der Waals surface area contributed by atoms with E-state index in [0.717, 1.165) is 25.1 Å². The molecular weight excluding hydrogens is 340 g/mol. The van der Waals surface area contributed by atoms with E-state index in [0.29, 0.717) is 25.4 Å². The van der Waals surface area contributed by atoms with Crippen molar-refractivity contribution in [2.75, 3.05) is 24.5 Å². The lowest BCUT2D eigenvalue weighted by atomic mass is 9.89. The van der Waals surface area contributed by atoms with E-state index < -0.39 is 5.60 Å².